The molecule has 4 rings (SSSR count). The van der Waals surface area contributed by atoms with Gasteiger partial charge in [0.25, 0.3) is 5.56 Å². The number of hydrogen-bond donors (Lipinski definition) is 1. The van der Waals surface area contributed by atoms with Crippen molar-refractivity contribution in [1.82, 2.24) is 14.5 Å². The molecule has 0 unspecified atom stereocenters. The number of sulfone groups is 1. The van der Waals surface area contributed by atoms with Gasteiger partial charge in [0, 0.05) is 18.8 Å². The van der Waals surface area contributed by atoms with Crippen LogP contribution in [0.15, 0.2) is 81.6 Å². The Balaban J connectivity index is 1.90. The summed E-state index contributed by atoms with van der Waals surface area (Å²) in [5, 5.41) is 11.6. The molecule has 0 saturated carbocycles. The van der Waals surface area contributed by atoms with Crippen LogP contribution >= 0.6 is 0 Å². The van der Waals surface area contributed by atoms with E-state index >= 15 is 0 Å². The largest absolute Gasteiger partial charge is 0.493 e. The highest BCUT2D eigenvalue weighted by molar-refractivity contribution is 7.91. The van der Waals surface area contributed by atoms with Crippen LogP contribution in [-0.2, 0) is 16.3 Å². The highest BCUT2D eigenvalue weighted by atomic mass is 32.2. The molecule has 4 aromatic rings. The van der Waals surface area contributed by atoms with Crippen molar-refractivity contribution in [2.24, 2.45) is 5.92 Å². The lowest BCUT2D eigenvalue weighted by molar-refractivity contribution is 0.326. The van der Waals surface area contributed by atoms with Crippen molar-refractivity contribution in [2.45, 2.75) is 69.7 Å². The first-order valence-electron chi connectivity index (χ1n) is 13.2. The normalized spacial score (nSPS) is 12.6. The maximum atomic E-state index is 13.8. The van der Waals surface area contributed by atoms with E-state index in [0.29, 0.717) is 12.2 Å². The number of hydrogen-bond acceptors (Lipinski definition) is 6. The van der Waals surface area contributed by atoms with E-state index in [1.165, 1.54) is 12.1 Å². The number of aromatic nitrogens is 3. The van der Waals surface area contributed by atoms with Crippen LogP contribution in [0.4, 0.5) is 0 Å². The number of unbranched alkanes of at least 4 members (excludes halogenated alkanes) is 1. The molecule has 2 aromatic heterocycles. The van der Waals surface area contributed by atoms with Crippen molar-refractivity contribution in [1.29, 1.82) is 0 Å². The number of benzene rings is 2. The monoisotopic (exact) mass is 545 g/mol. The van der Waals surface area contributed by atoms with Gasteiger partial charge in [-0.3, -0.25) is 14.3 Å². The Hall–Kier alpha value is -3.78. The van der Waals surface area contributed by atoms with Crippen molar-refractivity contribution in [2.75, 3.05) is 0 Å². The number of nitrogens with zero attached hydrogens (tertiary/aromatic N) is 3. The lowest BCUT2D eigenvalue weighted by Gasteiger charge is -2.29. The minimum atomic E-state index is -4.38. The third-order valence-corrected chi connectivity index (χ3v) is 8.73. The Morgan fingerprint density at radius 1 is 1.03 bits per heavy atom. The molecule has 8 heteroatoms. The average Bonchev–Trinajstić information content (AvgIpc) is 2.89. The van der Waals surface area contributed by atoms with E-state index < -0.39 is 32.2 Å². The van der Waals surface area contributed by atoms with Crippen LogP contribution in [0.2, 0.25) is 0 Å². The Morgan fingerprint density at radius 2 is 1.74 bits per heavy atom. The Morgan fingerprint density at radius 3 is 2.36 bits per heavy atom. The molecule has 0 radical (unpaired) electrons. The van der Waals surface area contributed by atoms with Crippen LogP contribution < -0.4 is 5.56 Å². The Bertz CT molecular complexity index is 1640. The summed E-state index contributed by atoms with van der Waals surface area (Å²) in [4.78, 5) is 20.8. The summed E-state index contributed by atoms with van der Waals surface area (Å²) in [5.74, 6) is -0.224. The maximum Gasteiger partial charge on any atom is 0.296 e. The Labute approximate surface area is 230 Å². The molecule has 2 heterocycles. The minimum Gasteiger partial charge on any atom is -0.493 e. The molecule has 0 aliphatic heterocycles. The molecular formula is C31H35N3O4S. The third kappa shape index (κ3) is 5.66. The molecule has 7 nitrogen and oxygen atoms in total. The van der Waals surface area contributed by atoms with Crippen molar-refractivity contribution in [3.63, 3.8) is 0 Å². The summed E-state index contributed by atoms with van der Waals surface area (Å²) < 4.78 is 29.2. The van der Waals surface area contributed by atoms with Gasteiger partial charge in [-0.2, -0.15) is 4.98 Å². The van der Waals surface area contributed by atoms with Crippen molar-refractivity contribution in [3.05, 3.63) is 99.9 Å². The van der Waals surface area contributed by atoms with E-state index in [4.69, 9.17) is 0 Å². The van der Waals surface area contributed by atoms with Crippen LogP contribution in [-0.4, -0.2) is 28.1 Å². The quantitative estimate of drug-likeness (QED) is 0.275. The van der Waals surface area contributed by atoms with E-state index in [9.17, 15) is 18.3 Å². The van der Waals surface area contributed by atoms with Gasteiger partial charge in [0.2, 0.25) is 15.7 Å². The molecule has 0 bridgehead atoms. The van der Waals surface area contributed by atoms with E-state index in [2.05, 4.69) is 9.97 Å². The van der Waals surface area contributed by atoms with Gasteiger partial charge in [-0.25, -0.2) is 8.42 Å². The molecule has 0 aliphatic carbocycles. The molecular weight excluding hydrogens is 510 g/mol. The van der Waals surface area contributed by atoms with Crippen molar-refractivity contribution < 1.29 is 13.5 Å². The number of aryl methyl sites for hydroxylation is 3. The molecule has 39 heavy (non-hydrogen) atoms. The second kappa shape index (κ2) is 11.5. The third-order valence-electron chi connectivity index (χ3n) is 6.95. The summed E-state index contributed by atoms with van der Waals surface area (Å²) >= 11 is 0. The van der Waals surface area contributed by atoms with Crippen LogP contribution in [0, 0.1) is 19.8 Å². The summed E-state index contributed by atoms with van der Waals surface area (Å²) in [6, 6.07) is 15.6. The lowest BCUT2D eigenvalue weighted by atomic mass is 9.94. The van der Waals surface area contributed by atoms with Gasteiger partial charge in [0.1, 0.15) is 5.82 Å². The van der Waals surface area contributed by atoms with Gasteiger partial charge < -0.3 is 5.11 Å². The first-order chi connectivity index (χ1) is 18.6. The summed E-state index contributed by atoms with van der Waals surface area (Å²) in [6.45, 7) is 9.94. The summed E-state index contributed by atoms with van der Waals surface area (Å²) in [5.41, 5.74) is 3.71. The smallest absolute Gasteiger partial charge is 0.296 e. The van der Waals surface area contributed by atoms with Crippen molar-refractivity contribution in [3.8, 4) is 17.0 Å². The summed E-state index contributed by atoms with van der Waals surface area (Å²) in [6.07, 6.45) is 5.46. The number of pyridine rings is 1. The molecule has 0 aliphatic rings. The zero-order chi connectivity index (χ0) is 28.3. The SMILES string of the molecule is CCCCc1nc(=O)c(S(=O)(=O)c2ccc(-c3ccncc3C)cc2)c(O)n1[C@H](c1cccc(C)c1)C(C)C. The molecule has 1 atom stereocenters. The fraction of sp³-hybridized carbons (Fsp3) is 0.323. The first-order valence-corrected chi connectivity index (χ1v) is 14.7. The number of rotatable bonds is 9. The highest BCUT2D eigenvalue weighted by Gasteiger charge is 2.33. The Kier molecular flexibility index (Phi) is 8.35. The van der Waals surface area contributed by atoms with E-state index in [1.54, 1.807) is 29.1 Å². The van der Waals surface area contributed by atoms with Crippen LogP contribution in [0.1, 0.15) is 62.2 Å². The summed E-state index contributed by atoms with van der Waals surface area (Å²) in [7, 11) is -4.38. The molecule has 0 saturated heterocycles. The fourth-order valence-corrected chi connectivity index (χ4v) is 6.35. The predicted octanol–water partition coefficient (Wildman–Crippen LogP) is 6.05. The van der Waals surface area contributed by atoms with E-state index in [0.717, 1.165) is 40.7 Å². The second-order valence-corrected chi connectivity index (χ2v) is 12.2. The standard InChI is InChI=1S/C31H35N3O4S/c1-6-7-11-27-33-30(35)29(31(36)34(27)28(20(2)3)24-10-8-9-21(4)18-24)39(37,38)25-14-12-23(13-15-25)26-16-17-32-19-22(26)5/h8-10,12-20,28,36H,6-7,11H2,1-5H3/t28-/m0/s1. The van der Waals surface area contributed by atoms with Gasteiger partial charge >= 0.3 is 0 Å². The highest BCUT2D eigenvalue weighted by Crippen LogP contribution is 2.36. The van der Waals surface area contributed by atoms with Gasteiger partial charge in [0.15, 0.2) is 4.90 Å². The first kappa shape index (κ1) is 28.2. The average molecular weight is 546 g/mol. The van der Waals surface area contributed by atoms with Crippen LogP contribution in [0.5, 0.6) is 5.88 Å². The topological polar surface area (TPSA) is 102 Å². The van der Waals surface area contributed by atoms with E-state index in [1.807, 2.05) is 65.0 Å². The van der Waals surface area contributed by atoms with Gasteiger partial charge in [-0.1, -0.05) is 69.2 Å². The minimum absolute atomic E-state index is 0.0270. The lowest BCUT2D eigenvalue weighted by Crippen LogP contribution is -2.29. The van der Waals surface area contributed by atoms with Crippen molar-refractivity contribution >= 4 is 9.84 Å². The molecule has 0 amide bonds. The molecule has 1 N–H and O–H groups in total. The van der Waals surface area contributed by atoms with Gasteiger partial charge in [-0.15, -0.1) is 0 Å². The molecule has 0 spiro atoms. The van der Waals surface area contributed by atoms with Crippen LogP contribution in [0.3, 0.4) is 0 Å². The molecule has 0 fully saturated rings. The van der Waals surface area contributed by atoms with Crippen LogP contribution in [0.25, 0.3) is 11.1 Å². The fourth-order valence-electron chi connectivity index (χ4n) is 5.00. The van der Waals surface area contributed by atoms with E-state index in [-0.39, 0.29) is 10.8 Å². The zero-order valence-corrected chi connectivity index (χ0v) is 23.9. The second-order valence-electron chi connectivity index (χ2n) is 10.3. The molecule has 204 valence electrons. The number of aromatic hydroxyl groups is 1. The zero-order valence-electron chi connectivity index (χ0n) is 23.0. The molecule has 2 aromatic carbocycles. The van der Waals surface area contributed by atoms with Gasteiger partial charge in [-0.05, 0) is 66.6 Å². The maximum absolute atomic E-state index is 13.8. The predicted molar refractivity (Wildman–Crippen MR) is 153 cm³/mol. The van der Waals surface area contributed by atoms with Gasteiger partial charge in [0.05, 0.1) is 10.9 Å².